The number of methoxy groups -OCH3 is 1. The average molecular weight is 689 g/mol. The first-order valence-corrected chi connectivity index (χ1v) is 16.7. The van der Waals surface area contributed by atoms with Gasteiger partial charge in [-0.15, -0.1) is 12.4 Å². The van der Waals surface area contributed by atoms with E-state index in [9.17, 15) is 14.4 Å². The van der Waals surface area contributed by atoms with Crippen molar-refractivity contribution >= 4 is 73.8 Å². The van der Waals surface area contributed by atoms with Gasteiger partial charge in [-0.3, -0.25) is 14.4 Å². The van der Waals surface area contributed by atoms with Crippen LogP contribution in [0, 0.1) is 0 Å². The van der Waals surface area contributed by atoms with Crippen molar-refractivity contribution in [3.05, 3.63) is 59.7 Å². The number of ether oxygens (including phenoxy) is 3. The van der Waals surface area contributed by atoms with Crippen molar-refractivity contribution < 1.29 is 28.6 Å². The van der Waals surface area contributed by atoms with Crippen molar-refractivity contribution in [2.75, 3.05) is 26.8 Å². The Morgan fingerprint density at radius 1 is 1.08 bits per heavy atom. The summed E-state index contributed by atoms with van der Waals surface area (Å²) in [4.78, 5) is 39.0. The molecule has 6 N–H and O–H groups in total. The number of rotatable bonds is 11. The lowest BCUT2D eigenvalue weighted by molar-refractivity contribution is -0.208. The van der Waals surface area contributed by atoms with Gasteiger partial charge in [-0.1, -0.05) is 42.8 Å². The highest BCUT2D eigenvalue weighted by Gasteiger charge is 2.63. The lowest BCUT2D eigenvalue weighted by Crippen LogP contribution is -2.55. The summed E-state index contributed by atoms with van der Waals surface area (Å²) in [7, 11) is 1.63. The number of carbonyl (C=O) groups excluding carboxylic acids is 3. The Hall–Kier alpha value is -4.20. The van der Waals surface area contributed by atoms with E-state index in [0.29, 0.717) is 31.5 Å². The summed E-state index contributed by atoms with van der Waals surface area (Å²) in [6, 6.07) is 15.6. The molecule has 2 aromatic heterocycles. The van der Waals surface area contributed by atoms with Gasteiger partial charge in [-0.25, -0.2) is 0 Å². The number of amides is 2. The number of nitrogens with one attached hydrogen (secondary N) is 2. The second kappa shape index (κ2) is 12.3. The Morgan fingerprint density at radius 3 is 2.53 bits per heavy atom. The number of para-hydroxylation sites is 2. The van der Waals surface area contributed by atoms with E-state index >= 15 is 0 Å². The zero-order valence-electron chi connectivity index (χ0n) is 27.5. The molecule has 2 amide bonds. The third-order valence-electron chi connectivity index (χ3n) is 10.7. The molecule has 8 rings (SSSR count). The molecular weight excluding hydrogens is 648 g/mol. The SMILES string of the molecule is CO[C@]1(COC(=O)CCNC(=O)[C@@H](N)CCCCN)C[C@H]2O[C@]1(C)n1c3ccccc3c3c4c(c5c6ccccc6n2c5c31)C(=O)NC4.Cl. The largest absolute Gasteiger partial charge is 0.462 e. The molecule has 5 aromatic rings. The maximum absolute atomic E-state index is 13.5. The molecule has 0 unspecified atom stereocenters. The van der Waals surface area contributed by atoms with Gasteiger partial charge in [0, 0.05) is 48.2 Å². The lowest BCUT2D eigenvalue weighted by atomic mass is 9.89. The fourth-order valence-electron chi connectivity index (χ4n) is 8.36. The second-order valence-corrected chi connectivity index (χ2v) is 13.3. The van der Waals surface area contributed by atoms with Gasteiger partial charge in [-0.05, 0) is 44.0 Å². The van der Waals surface area contributed by atoms with Crippen LogP contribution in [0.15, 0.2) is 48.5 Å². The van der Waals surface area contributed by atoms with E-state index in [1.165, 1.54) is 0 Å². The summed E-state index contributed by atoms with van der Waals surface area (Å²) in [6.45, 7) is 3.02. The Bertz CT molecular complexity index is 2160. The number of aromatic nitrogens is 2. The molecule has 13 heteroatoms. The van der Waals surface area contributed by atoms with E-state index in [1.54, 1.807) is 7.11 Å². The molecule has 3 aliphatic rings. The van der Waals surface area contributed by atoms with Crippen molar-refractivity contribution in [1.29, 1.82) is 0 Å². The van der Waals surface area contributed by atoms with Gasteiger partial charge in [0.1, 0.15) is 12.8 Å². The van der Waals surface area contributed by atoms with E-state index in [-0.39, 0.29) is 43.8 Å². The number of nitrogens with two attached hydrogens (primary N) is 2. The minimum atomic E-state index is -1.12. The third-order valence-corrected chi connectivity index (χ3v) is 10.7. The van der Waals surface area contributed by atoms with Crippen molar-refractivity contribution in [2.45, 2.75) is 69.2 Å². The van der Waals surface area contributed by atoms with Crippen LogP contribution in [0.2, 0.25) is 0 Å². The molecule has 0 aliphatic carbocycles. The predicted molar refractivity (Wildman–Crippen MR) is 188 cm³/mol. The first-order chi connectivity index (χ1) is 23.2. The summed E-state index contributed by atoms with van der Waals surface area (Å²) >= 11 is 0. The van der Waals surface area contributed by atoms with Crippen LogP contribution in [0.4, 0.5) is 0 Å². The van der Waals surface area contributed by atoms with Crippen LogP contribution >= 0.6 is 12.4 Å². The van der Waals surface area contributed by atoms with E-state index in [2.05, 4.69) is 44.0 Å². The highest BCUT2D eigenvalue weighted by atomic mass is 35.5. The minimum Gasteiger partial charge on any atom is -0.462 e. The van der Waals surface area contributed by atoms with Crippen LogP contribution in [-0.4, -0.2) is 65.4 Å². The molecule has 0 radical (unpaired) electrons. The zero-order chi connectivity index (χ0) is 33.4. The van der Waals surface area contributed by atoms with Gasteiger partial charge in [-0.2, -0.15) is 0 Å². The molecular formula is C36H41ClN6O6. The molecule has 0 saturated carbocycles. The van der Waals surface area contributed by atoms with Gasteiger partial charge < -0.3 is 45.4 Å². The summed E-state index contributed by atoms with van der Waals surface area (Å²) in [5.74, 6) is -0.841. The number of fused-ring (bicyclic) bond motifs is 13. The second-order valence-electron chi connectivity index (χ2n) is 13.3. The molecule has 0 spiro atoms. The molecule has 49 heavy (non-hydrogen) atoms. The molecule has 3 aromatic carbocycles. The van der Waals surface area contributed by atoms with Crippen molar-refractivity contribution in [1.82, 2.24) is 19.8 Å². The van der Waals surface area contributed by atoms with Crippen LogP contribution in [0.5, 0.6) is 0 Å². The van der Waals surface area contributed by atoms with E-state index in [0.717, 1.165) is 62.0 Å². The highest BCUT2D eigenvalue weighted by Crippen LogP contribution is 2.58. The first kappa shape index (κ1) is 33.3. The van der Waals surface area contributed by atoms with E-state index in [4.69, 9.17) is 25.7 Å². The predicted octanol–water partition coefficient (Wildman–Crippen LogP) is 4.06. The molecule has 2 bridgehead atoms. The fraction of sp³-hybridized carbons (Fsp3) is 0.417. The summed E-state index contributed by atoms with van der Waals surface area (Å²) in [5, 5.41) is 9.75. The number of hydrogen-bond acceptors (Lipinski definition) is 8. The molecule has 4 atom stereocenters. The topological polar surface area (TPSA) is 165 Å². The Labute approximate surface area is 288 Å². The van der Waals surface area contributed by atoms with Crippen molar-refractivity contribution in [3.8, 4) is 0 Å². The number of carbonyl (C=O) groups is 3. The number of hydrogen-bond donors (Lipinski definition) is 4. The van der Waals surface area contributed by atoms with Crippen LogP contribution in [-0.2, 0) is 36.1 Å². The van der Waals surface area contributed by atoms with Crippen LogP contribution in [0.3, 0.4) is 0 Å². The number of nitrogens with zero attached hydrogens (tertiary/aromatic N) is 2. The lowest BCUT2D eigenvalue weighted by Gasteiger charge is -2.42. The highest BCUT2D eigenvalue weighted by molar-refractivity contribution is 6.31. The standard InChI is InChI=1S/C36H40N6O6.ClH/c1-35-36(46-2,19-47-27(43)14-16-39-33(44)23(38)11-7-8-15-37)17-26(48-35)41-24-12-5-3-9-20(24)29-30-22(18-40-34(30)45)28-21-10-4-6-13-25(21)42(35)32(28)31(29)41;/h3-6,9-10,12-13,23,26H,7-8,11,14-19,37-38H2,1-2H3,(H,39,44)(H,40,45);1H/t23-,26+,35-,36-;/m0./s1. The maximum Gasteiger partial charge on any atom is 0.307 e. The normalized spacial score (nSPS) is 22.8. The monoisotopic (exact) mass is 688 g/mol. The van der Waals surface area contributed by atoms with Crippen LogP contribution in [0.25, 0.3) is 43.6 Å². The van der Waals surface area contributed by atoms with Crippen molar-refractivity contribution in [2.24, 2.45) is 11.5 Å². The molecule has 3 aliphatic heterocycles. The quantitative estimate of drug-likeness (QED) is 0.119. The minimum absolute atomic E-state index is 0. The molecule has 1 saturated heterocycles. The van der Waals surface area contributed by atoms with Crippen LogP contribution in [0.1, 0.15) is 61.2 Å². The van der Waals surface area contributed by atoms with Crippen LogP contribution < -0.4 is 22.1 Å². The van der Waals surface area contributed by atoms with Gasteiger partial charge in [0.05, 0.1) is 40.1 Å². The Balaban J connectivity index is 0.00000378. The Morgan fingerprint density at radius 2 is 1.80 bits per heavy atom. The number of benzene rings is 3. The van der Waals surface area contributed by atoms with E-state index < -0.39 is 29.6 Å². The molecule has 5 heterocycles. The third kappa shape index (κ3) is 4.69. The van der Waals surface area contributed by atoms with Gasteiger partial charge in [0.15, 0.2) is 11.3 Å². The summed E-state index contributed by atoms with van der Waals surface area (Å²) in [5.41, 5.74) is 14.8. The number of esters is 1. The van der Waals surface area contributed by atoms with E-state index in [1.807, 2.05) is 31.2 Å². The summed E-state index contributed by atoms with van der Waals surface area (Å²) in [6.07, 6.45) is 1.98. The first-order valence-electron chi connectivity index (χ1n) is 16.7. The Kier molecular flexibility index (Phi) is 8.35. The number of halogens is 1. The van der Waals surface area contributed by atoms with Gasteiger partial charge in [0.2, 0.25) is 5.91 Å². The molecule has 258 valence electrons. The summed E-state index contributed by atoms with van der Waals surface area (Å²) < 4.78 is 23.9. The smallest absolute Gasteiger partial charge is 0.307 e. The average Bonchev–Trinajstić information content (AvgIpc) is 3.80. The fourth-order valence-corrected chi connectivity index (χ4v) is 8.36. The number of unbranched alkanes of at least 4 members (excludes halogenated alkanes) is 1. The maximum atomic E-state index is 13.5. The van der Waals surface area contributed by atoms with Gasteiger partial charge >= 0.3 is 5.97 Å². The van der Waals surface area contributed by atoms with Crippen molar-refractivity contribution in [3.63, 3.8) is 0 Å². The zero-order valence-corrected chi connectivity index (χ0v) is 28.4. The van der Waals surface area contributed by atoms with Gasteiger partial charge in [0.25, 0.3) is 5.91 Å². The molecule has 12 nitrogen and oxygen atoms in total. The molecule has 1 fully saturated rings.